The lowest BCUT2D eigenvalue weighted by atomic mass is 9.95. The molecule has 4 aromatic rings. The fraction of sp³-hybridized carbons (Fsp3) is 0.148. The molecule has 35 heavy (non-hydrogen) atoms. The Labute approximate surface area is 207 Å². The third-order valence-corrected chi connectivity index (χ3v) is 6.68. The van der Waals surface area contributed by atoms with E-state index in [0.29, 0.717) is 22.4 Å². The summed E-state index contributed by atoms with van der Waals surface area (Å²) >= 11 is 1.54. The number of carbonyl (C=O) groups excluding carboxylic acids is 1. The van der Waals surface area contributed by atoms with Gasteiger partial charge >= 0.3 is 0 Å². The summed E-state index contributed by atoms with van der Waals surface area (Å²) in [5.74, 6) is 1.25. The standard InChI is InChI=1S/C27H25N5O2S/c1-17-7-6-10-21(15-17)29-25(34)23-18(2)28-26-30-27(35-16-19-8-4-3-5-9-19)31-32(26)24(23)20-11-13-22(33)14-12-20/h3-15,24,33H,16H2,1-2H3,(H,29,34)(H,28,30,31). The Morgan fingerprint density at radius 1 is 1.06 bits per heavy atom. The second-order valence-corrected chi connectivity index (χ2v) is 9.36. The van der Waals surface area contributed by atoms with Gasteiger partial charge in [0.15, 0.2) is 0 Å². The van der Waals surface area contributed by atoms with Gasteiger partial charge in [0.1, 0.15) is 11.8 Å². The zero-order valence-electron chi connectivity index (χ0n) is 19.4. The van der Waals surface area contributed by atoms with Crippen molar-refractivity contribution in [1.29, 1.82) is 0 Å². The SMILES string of the molecule is CC1=C(C(=O)Nc2cccc(C)c2)C(c2ccc(O)cc2)n2nc(SCc3ccccc3)nc2N1. The molecule has 1 aliphatic rings. The summed E-state index contributed by atoms with van der Waals surface area (Å²) in [6.07, 6.45) is 0. The van der Waals surface area contributed by atoms with Crippen LogP contribution in [-0.4, -0.2) is 25.8 Å². The van der Waals surface area contributed by atoms with Crippen LogP contribution in [0, 0.1) is 6.92 Å². The average Bonchev–Trinajstić information content (AvgIpc) is 3.25. The number of rotatable bonds is 6. The van der Waals surface area contributed by atoms with Crippen molar-refractivity contribution in [3.05, 3.63) is 107 Å². The number of hydrogen-bond acceptors (Lipinski definition) is 6. The largest absolute Gasteiger partial charge is 0.508 e. The van der Waals surface area contributed by atoms with Gasteiger partial charge in [0.25, 0.3) is 5.91 Å². The quantitative estimate of drug-likeness (QED) is 0.313. The minimum Gasteiger partial charge on any atom is -0.508 e. The molecule has 3 aromatic carbocycles. The summed E-state index contributed by atoms with van der Waals surface area (Å²) in [5, 5.41) is 21.5. The molecular weight excluding hydrogens is 458 g/mol. The van der Waals surface area contributed by atoms with Gasteiger partial charge in [-0.25, -0.2) is 4.68 Å². The number of fused-ring (bicyclic) bond motifs is 1. The Morgan fingerprint density at radius 2 is 1.83 bits per heavy atom. The highest BCUT2D eigenvalue weighted by Gasteiger charge is 2.34. The van der Waals surface area contributed by atoms with Gasteiger partial charge in [0, 0.05) is 17.1 Å². The third-order valence-electron chi connectivity index (χ3n) is 5.77. The summed E-state index contributed by atoms with van der Waals surface area (Å²) in [4.78, 5) is 18.2. The van der Waals surface area contributed by atoms with Crippen molar-refractivity contribution in [1.82, 2.24) is 14.8 Å². The molecule has 0 bridgehead atoms. The van der Waals surface area contributed by atoms with E-state index in [1.165, 1.54) is 17.3 Å². The van der Waals surface area contributed by atoms with Gasteiger partial charge < -0.3 is 15.7 Å². The highest BCUT2D eigenvalue weighted by molar-refractivity contribution is 7.98. The molecule has 1 atom stereocenters. The second-order valence-electron chi connectivity index (χ2n) is 8.42. The minimum absolute atomic E-state index is 0.159. The number of aromatic hydroxyl groups is 1. The maximum atomic E-state index is 13.5. The number of anilines is 2. The highest BCUT2D eigenvalue weighted by atomic mass is 32.2. The number of aromatic nitrogens is 3. The van der Waals surface area contributed by atoms with Gasteiger partial charge in [0.2, 0.25) is 11.1 Å². The molecule has 1 unspecified atom stereocenters. The zero-order chi connectivity index (χ0) is 24.4. The summed E-state index contributed by atoms with van der Waals surface area (Å²) in [6.45, 7) is 3.85. The molecule has 5 rings (SSSR count). The van der Waals surface area contributed by atoms with Crippen molar-refractivity contribution in [2.24, 2.45) is 0 Å². The Kier molecular flexibility index (Phi) is 6.29. The molecule has 0 aliphatic carbocycles. The topological polar surface area (TPSA) is 92.1 Å². The Morgan fingerprint density at radius 3 is 2.57 bits per heavy atom. The molecule has 1 amide bonds. The molecule has 0 spiro atoms. The van der Waals surface area contributed by atoms with Crippen LogP contribution >= 0.6 is 11.8 Å². The van der Waals surface area contributed by atoms with Crippen molar-refractivity contribution in [2.45, 2.75) is 30.8 Å². The molecule has 3 N–H and O–H groups in total. The molecule has 176 valence electrons. The van der Waals surface area contributed by atoms with Gasteiger partial charge in [0.05, 0.1) is 5.57 Å². The Hall–Kier alpha value is -4.04. The van der Waals surface area contributed by atoms with Crippen LogP contribution in [0.3, 0.4) is 0 Å². The molecule has 0 fully saturated rings. The second kappa shape index (κ2) is 9.68. The highest BCUT2D eigenvalue weighted by Crippen LogP contribution is 2.37. The van der Waals surface area contributed by atoms with Crippen molar-refractivity contribution >= 4 is 29.3 Å². The van der Waals surface area contributed by atoms with Crippen LogP contribution < -0.4 is 10.6 Å². The smallest absolute Gasteiger partial charge is 0.255 e. The van der Waals surface area contributed by atoms with Crippen LogP contribution in [0.2, 0.25) is 0 Å². The van der Waals surface area contributed by atoms with Crippen LogP contribution in [0.4, 0.5) is 11.6 Å². The van der Waals surface area contributed by atoms with Crippen molar-refractivity contribution in [2.75, 3.05) is 10.6 Å². The van der Waals surface area contributed by atoms with E-state index in [2.05, 4.69) is 27.8 Å². The normalized spacial score (nSPS) is 14.9. The van der Waals surface area contributed by atoms with Crippen LogP contribution in [0.1, 0.15) is 29.7 Å². The van der Waals surface area contributed by atoms with Gasteiger partial charge in [-0.05, 0) is 54.8 Å². The fourth-order valence-corrected chi connectivity index (χ4v) is 4.88. The molecule has 1 aromatic heterocycles. The molecule has 8 heteroatoms. The Bertz CT molecular complexity index is 1400. The lowest BCUT2D eigenvalue weighted by molar-refractivity contribution is -0.113. The van der Waals surface area contributed by atoms with Crippen molar-refractivity contribution < 1.29 is 9.90 Å². The van der Waals surface area contributed by atoms with E-state index >= 15 is 0 Å². The third kappa shape index (κ3) is 4.93. The minimum atomic E-state index is -0.504. The first-order chi connectivity index (χ1) is 17.0. The van der Waals surface area contributed by atoms with Gasteiger partial charge in [-0.15, -0.1) is 5.10 Å². The number of allylic oxidation sites excluding steroid dienone is 1. The van der Waals surface area contributed by atoms with E-state index in [4.69, 9.17) is 5.10 Å². The van der Waals surface area contributed by atoms with Crippen LogP contribution in [-0.2, 0) is 10.5 Å². The van der Waals surface area contributed by atoms with E-state index in [-0.39, 0.29) is 11.7 Å². The van der Waals surface area contributed by atoms with Gasteiger partial charge in [-0.3, -0.25) is 4.79 Å². The average molecular weight is 484 g/mol. The molecule has 0 saturated heterocycles. The summed E-state index contributed by atoms with van der Waals surface area (Å²) in [5.41, 5.74) is 5.03. The monoisotopic (exact) mass is 483 g/mol. The number of nitrogens with zero attached hydrogens (tertiary/aromatic N) is 3. The molecule has 7 nitrogen and oxygen atoms in total. The zero-order valence-corrected chi connectivity index (χ0v) is 20.2. The summed E-state index contributed by atoms with van der Waals surface area (Å²) < 4.78 is 1.75. The van der Waals surface area contributed by atoms with Gasteiger partial charge in [-0.1, -0.05) is 66.4 Å². The number of benzene rings is 3. The van der Waals surface area contributed by atoms with E-state index in [0.717, 1.165) is 22.6 Å². The number of hydrogen-bond donors (Lipinski definition) is 3. The number of phenols is 1. The summed E-state index contributed by atoms with van der Waals surface area (Å²) in [7, 11) is 0. The van der Waals surface area contributed by atoms with Gasteiger partial charge in [-0.2, -0.15) is 4.98 Å². The molecule has 2 heterocycles. The molecular formula is C27H25N5O2S. The predicted molar refractivity (Wildman–Crippen MR) is 138 cm³/mol. The molecule has 0 saturated carbocycles. The Balaban J connectivity index is 1.49. The molecule has 1 aliphatic heterocycles. The maximum Gasteiger partial charge on any atom is 0.255 e. The van der Waals surface area contributed by atoms with E-state index in [9.17, 15) is 9.90 Å². The predicted octanol–water partition coefficient (Wildman–Crippen LogP) is 5.51. The number of nitrogens with one attached hydrogen (secondary N) is 2. The number of thioether (sulfide) groups is 1. The van der Waals surface area contributed by atoms with Crippen LogP contribution in [0.15, 0.2) is 95.3 Å². The van der Waals surface area contributed by atoms with Crippen molar-refractivity contribution in [3.63, 3.8) is 0 Å². The van der Waals surface area contributed by atoms with Crippen LogP contribution in [0.25, 0.3) is 0 Å². The van der Waals surface area contributed by atoms with Crippen molar-refractivity contribution in [3.8, 4) is 5.75 Å². The van der Waals surface area contributed by atoms with Crippen LogP contribution in [0.5, 0.6) is 5.75 Å². The fourth-order valence-electron chi connectivity index (χ4n) is 4.09. The van der Waals surface area contributed by atoms with E-state index < -0.39 is 6.04 Å². The molecule has 0 radical (unpaired) electrons. The lowest BCUT2D eigenvalue weighted by Crippen LogP contribution is -2.31. The first kappa shape index (κ1) is 22.7. The van der Waals surface area contributed by atoms with E-state index in [1.54, 1.807) is 28.9 Å². The first-order valence-electron chi connectivity index (χ1n) is 11.3. The number of carbonyl (C=O) groups is 1. The summed E-state index contributed by atoms with van der Waals surface area (Å²) in [6, 6.07) is 24.2. The number of amides is 1. The van der Waals surface area contributed by atoms with E-state index in [1.807, 2.05) is 56.3 Å². The lowest BCUT2D eigenvalue weighted by Gasteiger charge is -2.28. The number of phenolic OH excluding ortho intramolecular Hbond substituents is 1. The number of aryl methyl sites for hydroxylation is 1. The first-order valence-corrected chi connectivity index (χ1v) is 12.2. The maximum absolute atomic E-state index is 13.5.